The number of nitro benzene ring substituents is 1. The second-order valence-electron chi connectivity index (χ2n) is 2.69. The van der Waals surface area contributed by atoms with Crippen LogP contribution in [0.25, 0.3) is 11.1 Å². The molecule has 1 aromatic carbocycles. The van der Waals surface area contributed by atoms with E-state index < -0.39 is 0 Å². The van der Waals surface area contributed by atoms with E-state index in [0.29, 0.717) is 0 Å². The van der Waals surface area contributed by atoms with Crippen molar-refractivity contribution in [1.82, 2.24) is 0 Å². The van der Waals surface area contributed by atoms with E-state index in [1.165, 1.54) is 12.1 Å². The number of hydrogen-bond acceptors (Lipinski definition) is 3. The van der Waals surface area contributed by atoms with Gasteiger partial charge in [-0.25, -0.2) is 0 Å². The Hall–Kier alpha value is -1.33. The lowest BCUT2D eigenvalue weighted by Crippen LogP contribution is -1.86. The summed E-state index contributed by atoms with van der Waals surface area (Å²) in [6.07, 6.45) is 0. The molecule has 70 valence electrons. The Morgan fingerprint density at radius 2 is 1.93 bits per heavy atom. The molecule has 5 heteroatoms. The third kappa shape index (κ3) is 1.78. The van der Waals surface area contributed by atoms with Crippen LogP contribution in [-0.4, -0.2) is 4.92 Å². The van der Waals surface area contributed by atoms with Gasteiger partial charge in [0.25, 0.3) is 16.0 Å². The Bertz CT molecular complexity index is 436. The molecule has 0 unspecified atom stereocenters. The molecule has 0 bridgehead atoms. The van der Waals surface area contributed by atoms with E-state index in [4.69, 9.17) is 0 Å². The summed E-state index contributed by atoms with van der Waals surface area (Å²) in [6, 6.07) is 6.59. The number of non-ortho nitro benzene ring substituents is 1. The first-order chi connectivity index (χ1) is 6.77. The molecule has 0 amide bonds. The van der Waals surface area contributed by atoms with E-state index in [0.717, 1.165) is 11.1 Å². The molecule has 14 heavy (non-hydrogen) atoms. The van der Waals surface area contributed by atoms with Crippen molar-refractivity contribution in [2.45, 2.75) is 0 Å². The van der Waals surface area contributed by atoms with Crippen molar-refractivity contribution < 1.29 is 4.92 Å². The standard InChI is InChI=1S/C9H6NO2S2/c11-10(12)9-3-1-7(2-4-9)8-5-13-14-6-8/h1-6H/q+1. The molecule has 0 aliphatic heterocycles. The van der Waals surface area contributed by atoms with Crippen LogP contribution in [0.15, 0.2) is 35.0 Å². The van der Waals surface area contributed by atoms with Crippen LogP contribution in [-0.2, 0) is 0 Å². The van der Waals surface area contributed by atoms with Gasteiger partial charge in [0.1, 0.15) is 0 Å². The fourth-order valence-electron chi connectivity index (χ4n) is 1.10. The first-order valence-electron chi connectivity index (χ1n) is 3.88. The van der Waals surface area contributed by atoms with Crippen molar-refractivity contribution in [3.05, 3.63) is 45.1 Å². The van der Waals surface area contributed by atoms with Crippen LogP contribution in [0.4, 0.5) is 5.69 Å². The van der Waals surface area contributed by atoms with E-state index in [9.17, 15) is 10.1 Å². The van der Waals surface area contributed by atoms with Gasteiger partial charge in [-0.3, -0.25) is 10.1 Å². The average Bonchev–Trinajstić information content (AvgIpc) is 2.71. The molecule has 0 spiro atoms. The SMILES string of the molecule is O=[N+]([O-])c1ccc(-c2cs[s+]c2)cc1. The van der Waals surface area contributed by atoms with Gasteiger partial charge < -0.3 is 0 Å². The highest BCUT2D eigenvalue weighted by Gasteiger charge is 2.08. The number of benzene rings is 1. The minimum Gasteiger partial charge on any atom is -0.258 e. The fraction of sp³-hybridized carbons (Fsp3) is 0. The molecule has 0 saturated heterocycles. The van der Waals surface area contributed by atoms with Crippen molar-refractivity contribution in [2.75, 3.05) is 0 Å². The molecule has 1 aromatic heterocycles. The molecule has 0 aliphatic rings. The average molecular weight is 224 g/mol. The lowest BCUT2D eigenvalue weighted by molar-refractivity contribution is -0.384. The van der Waals surface area contributed by atoms with Gasteiger partial charge in [0, 0.05) is 12.1 Å². The van der Waals surface area contributed by atoms with E-state index in [2.05, 4.69) is 0 Å². The molecule has 0 saturated carbocycles. The van der Waals surface area contributed by atoms with Gasteiger partial charge in [0.2, 0.25) is 5.38 Å². The maximum Gasteiger partial charge on any atom is 0.292 e. The van der Waals surface area contributed by atoms with Crippen molar-refractivity contribution >= 4 is 26.4 Å². The van der Waals surface area contributed by atoms with Crippen LogP contribution in [0.3, 0.4) is 0 Å². The Balaban J connectivity index is 2.36. The summed E-state index contributed by atoms with van der Waals surface area (Å²) in [4.78, 5) is 10.0. The van der Waals surface area contributed by atoms with Gasteiger partial charge in [-0.15, -0.1) is 0 Å². The number of nitro groups is 1. The lowest BCUT2D eigenvalue weighted by atomic mass is 10.1. The molecular weight excluding hydrogens is 218 g/mol. The van der Waals surface area contributed by atoms with Crippen LogP contribution in [0.1, 0.15) is 0 Å². The molecule has 0 fully saturated rings. The van der Waals surface area contributed by atoms with Crippen molar-refractivity contribution in [1.29, 1.82) is 0 Å². The highest BCUT2D eigenvalue weighted by Crippen LogP contribution is 2.26. The summed E-state index contributed by atoms with van der Waals surface area (Å²) in [6.45, 7) is 0. The van der Waals surface area contributed by atoms with Crippen LogP contribution in [0.5, 0.6) is 0 Å². The van der Waals surface area contributed by atoms with Crippen molar-refractivity contribution in [2.24, 2.45) is 0 Å². The van der Waals surface area contributed by atoms with E-state index >= 15 is 0 Å². The zero-order chi connectivity index (χ0) is 9.97. The van der Waals surface area contributed by atoms with Crippen LogP contribution in [0.2, 0.25) is 0 Å². The van der Waals surface area contributed by atoms with Gasteiger partial charge >= 0.3 is 0 Å². The minimum atomic E-state index is -0.389. The van der Waals surface area contributed by atoms with Gasteiger partial charge in [0.05, 0.1) is 15.9 Å². The first kappa shape index (κ1) is 9.23. The molecule has 2 aromatic rings. The zero-order valence-electron chi connectivity index (χ0n) is 7.04. The smallest absolute Gasteiger partial charge is 0.258 e. The topological polar surface area (TPSA) is 43.1 Å². The molecule has 3 nitrogen and oxygen atoms in total. The second kappa shape index (κ2) is 3.81. The highest BCUT2D eigenvalue weighted by molar-refractivity contribution is 7.68. The van der Waals surface area contributed by atoms with E-state index in [1.807, 2.05) is 10.8 Å². The minimum absolute atomic E-state index is 0.132. The van der Waals surface area contributed by atoms with Crippen LogP contribution < -0.4 is 0 Å². The van der Waals surface area contributed by atoms with Gasteiger partial charge in [-0.2, -0.15) is 0 Å². The fourth-order valence-corrected chi connectivity index (χ4v) is 2.87. The molecule has 0 radical (unpaired) electrons. The largest absolute Gasteiger partial charge is 0.292 e. The Morgan fingerprint density at radius 1 is 1.21 bits per heavy atom. The molecule has 0 N–H and O–H groups in total. The van der Waals surface area contributed by atoms with Crippen LogP contribution in [0, 0.1) is 10.1 Å². The monoisotopic (exact) mass is 224 g/mol. The normalized spacial score (nSPS) is 10.0. The van der Waals surface area contributed by atoms with Crippen molar-refractivity contribution in [3.8, 4) is 11.1 Å². The lowest BCUT2D eigenvalue weighted by Gasteiger charge is -1.94. The Labute approximate surface area is 87.8 Å². The molecule has 0 aliphatic carbocycles. The summed E-state index contributed by atoms with van der Waals surface area (Å²) in [5.74, 6) is 0. The predicted molar refractivity (Wildman–Crippen MR) is 58.7 cm³/mol. The van der Waals surface area contributed by atoms with Crippen LogP contribution >= 0.6 is 20.7 Å². The number of rotatable bonds is 2. The molecule has 2 rings (SSSR count). The highest BCUT2D eigenvalue weighted by atomic mass is 32.9. The third-order valence-corrected chi connectivity index (χ3v) is 3.54. The molecule has 0 atom stereocenters. The number of nitrogens with zero attached hydrogens (tertiary/aromatic N) is 1. The Kier molecular flexibility index (Phi) is 2.51. The van der Waals surface area contributed by atoms with Crippen molar-refractivity contribution in [3.63, 3.8) is 0 Å². The number of hydrogen-bond donors (Lipinski definition) is 0. The van der Waals surface area contributed by atoms with E-state index in [1.54, 1.807) is 32.8 Å². The zero-order valence-corrected chi connectivity index (χ0v) is 8.68. The summed E-state index contributed by atoms with van der Waals surface area (Å²) in [5.41, 5.74) is 2.27. The maximum absolute atomic E-state index is 10.4. The van der Waals surface area contributed by atoms with Gasteiger partial charge in [-0.05, 0) is 17.7 Å². The summed E-state index contributed by atoms with van der Waals surface area (Å²) in [7, 11) is 3.31. The molecule has 1 heterocycles. The predicted octanol–water partition coefficient (Wildman–Crippen LogP) is 3.67. The quantitative estimate of drug-likeness (QED) is 0.338. The third-order valence-electron chi connectivity index (χ3n) is 1.82. The maximum atomic E-state index is 10.4. The first-order valence-corrected chi connectivity index (χ1v) is 6.15. The van der Waals surface area contributed by atoms with Gasteiger partial charge in [-0.1, -0.05) is 0 Å². The summed E-state index contributed by atoms with van der Waals surface area (Å²) >= 11 is 0. The summed E-state index contributed by atoms with van der Waals surface area (Å²) in [5, 5.41) is 14.5. The second-order valence-corrected chi connectivity index (χ2v) is 4.70. The van der Waals surface area contributed by atoms with Gasteiger partial charge in [0.15, 0.2) is 10.3 Å². The summed E-state index contributed by atoms with van der Waals surface area (Å²) < 4.78 is 0. The Morgan fingerprint density at radius 3 is 2.43 bits per heavy atom. The molecular formula is C9H6NO2S2+. The van der Waals surface area contributed by atoms with E-state index in [-0.39, 0.29) is 10.6 Å².